The van der Waals surface area contributed by atoms with Crippen molar-refractivity contribution in [2.45, 2.75) is 30.7 Å². The fraction of sp³-hybridized carbons (Fsp3) is 1.00. The zero-order chi connectivity index (χ0) is 6.91. The summed E-state index contributed by atoms with van der Waals surface area (Å²) in [6, 6.07) is 0. The predicted octanol–water partition coefficient (Wildman–Crippen LogP) is 1.45. The Bertz CT molecular complexity index is 131. The highest BCUT2D eigenvalue weighted by Gasteiger charge is 2.39. The van der Waals surface area contributed by atoms with E-state index in [9.17, 15) is 8.60 Å². The number of hydrogen-bond acceptors (Lipinski definition) is 1. The van der Waals surface area contributed by atoms with Crippen LogP contribution in [-0.4, -0.2) is 13.8 Å². The lowest BCUT2D eigenvalue weighted by Crippen LogP contribution is -2.23. The van der Waals surface area contributed by atoms with Gasteiger partial charge in [0.05, 0.1) is 0 Å². The van der Waals surface area contributed by atoms with Crippen LogP contribution in [0.4, 0.5) is 4.39 Å². The van der Waals surface area contributed by atoms with Gasteiger partial charge in [0.25, 0.3) is 0 Å². The molecule has 0 aromatic heterocycles. The molecule has 1 aliphatic rings. The van der Waals surface area contributed by atoms with E-state index in [1.807, 2.05) is 0 Å². The highest BCUT2D eigenvalue weighted by molar-refractivity contribution is 7.80. The molecule has 0 saturated heterocycles. The Morgan fingerprint density at radius 2 is 1.89 bits per heavy atom. The van der Waals surface area contributed by atoms with Crippen molar-refractivity contribution in [1.82, 2.24) is 0 Å². The van der Waals surface area contributed by atoms with Crippen molar-refractivity contribution in [2.24, 2.45) is 0 Å². The van der Waals surface area contributed by atoms with Crippen molar-refractivity contribution < 1.29 is 13.2 Å². The minimum absolute atomic E-state index is 0.246. The van der Waals surface area contributed by atoms with Crippen LogP contribution < -0.4 is 0 Å². The van der Waals surface area contributed by atoms with Crippen LogP contribution in [-0.2, 0) is 11.1 Å². The summed E-state index contributed by atoms with van der Waals surface area (Å²) in [6.45, 7) is 0. The molecule has 0 aromatic rings. The van der Waals surface area contributed by atoms with Crippen LogP contribution in [0, 0.1) is 0 Å². The Labute approximate surface area is 55.7 Å². The van der Waals surface area contributed by atoms with Gasteiger partial charge in [0.15, 0.2) is 11.1 Å². The summed E-state index contributed by atoms with van der Waals surface area (Å²) in [5.74, 6) is 0. The smallest absolute Gasteiger partial charge is 0.210 e. The van der Waals surface area contributed by atoms with E-state index in [2.05, 4.69) is 0 Å². The molecule has 0 spiro atoms. The van der Waals surface area contributed by atoms with Crippen LogP contribution in [0.25, 0.3) is 0 Å². The van der Waals surface area contributed by atoms with Crippen LogP contribution in [0.3, 0.4) is 0 Å². The molecule has 4 heteroatoms. The number of halogens is 1. The molecule has 1 N–H and O–H groups in total. The van der Waals surface area contributed by atoms with Gasteiger partial charge >= 0.3 is 0 Å². The maximum Gasteiger partial charge on any atom is 0.210 e. The highest BCUT2D eigenvalue weighted by atomic mass is 32.2. The van der Waals surface area contributed by atoms with Crippen molar-refractivity contribution in [3.8, 4) is 0 Å². The third-order valence-corrected chi connectivity index (χ3v) is 2.70. The minimum atomic E-state index is -2.27. The first-order chi connectivity index (χ1) is 4.15. The third-order valence-electron chi connectivity index (χ3n) is 1.66. The summed E-state index contributed by atoms with van der Waals surface area (Å²) in [4.78, 5) is 0. The number of rotatable bonds is 1. The summed E-state index contributed by atoms with van der Waals surface area (Å²) >= 11 is -2.27. The molecule has 0 aromatic carbocycles. The molecule has 0 amide bonds. The van der Waals surface area contributed by atoms with Crippen LogP contribution in [0.2, 0.25) is 0 Å². The molecule has 1 rings (SSSR count). The van der Waals surface area contributed by atoms with Crippen LogP contribution in [0.1, 0.15) is 25.7 Å². The second kappa shape index (κ2) is 2.34. The summed E-state index contributed by atoms with van der Waals surface area (Å²) in [7, 11) is 0. The number of hydrogen-bond donors (Lipinski definition) is 1. The first-order valence-electron chi connectivity index (χ1n) is 2.95. The van der Waals surface area contributed by atoms with Gasteiger partial charge in [-0.15, -0.1) is 0 Å². The van der Waals surface area contributed by atoms with E-state index >= 15 is 0 Å². The molecule has 1 atom stereocenters. The van der Waals surface area contributed by atoms with Gasteiger partial charge in [-0.2, -0.15) is 0 Å². The Morgan fingerprint density at radius 3 is 2.11 bits per heavy atom. The zero-order valence-corrected chi connectivity index (χ0v) is 5.79. The molecule has 1 fully saturated rings. The van der Waals surface area contributed by atoms with Crippen molar-refractivity contribution in [1.29, 1.82) is 0 Å². The summed E-state index contributed by atoms with van der Waals surface area (Å²) in [5.41, 5.74) is 0. The fourth-order valence-corrected chi connectivity index (χ4v) is 1.72. The summed E-state index contributed by atoms with van der Waals surface area (Å²) < 4.78 is 31.6. The highest BCUT2D eigenvalue weighted by Crippen LogP contribution is 2.35. The molecule has 0 bridgehead atoms. The fourth-order valence-electron chi connectivity index (χ4n) is 1.08. The average molecular weight is 152 g/mol. The van der Waals surface area contributed by atoms with Crippen LogP contribution >= 0.6 is 0 Å². The van der Waals surface area contributed by atoms with E-state index in [0.29, 0.717) is 0 Å². The Kier molecular flexibility index (Phi) is 1.86. The Balaban J connectivity index is 2.61. The minimum Gasteiger partial charge on any atom is -0.304 e. The van der Waals surface area contributed by atoms with Crippen molar-refractivity contribution in [2.75, 3.05) is 0 Å². The normalized spacial score (nSPS) is 28.2. The lowest BCUT2D eigenvalue weighted by molar-refractivity contribution is 0.269. The van der Waals surface area contributed by atoms with E-state index < -0.39 is 16.1 Å². The molecular weight excluding hydrogens is 143 g/mol. The molecule has 1 aliphatic carbocycles. The largest absolute Gasteiger partial charge is 0.304 e. The first kappa shape index (κ1) is 7.15. The van der Waals surface area contributed by atoms with Gasteiger partial charge in [-0.25, -0.2) is 8.60 Å². The van der Waals surface area contributed by atoms with Crippen LogP contribution in [0.5, 0.6) is 0 Å². The van der Waals surface area contributed by atoms with Crippen molar-refractivity contribution in [3.63, 3.8) is 0 Å². The monoisotopic (exact) mass is 152 g/mol. The second-order valence-electron chi connectivity index (χ2n) is 2.34. The summed E-state index contributed by atoms with van der Waals surface area (Å²) in [5, 5.41) is -1.78. The molecular formula is C5H9FO2S. The average Bonchev–Trinajstić information content (AvgIpc) is 2.16. The standard InChI is InChI=1S/C5H9FO2S/c6-5(9(7)8)3-1-2-4-5/h1-4H2,(H,7,8). The lowest BCUT2D eigenvalue weighted by Gasteiger charge is -2.11. The van der Waals surface area contributed by atoms with Gasteiger partial charge in [0, 0.05) is 0 Å². The molecule has 1 saturated carbocycles. The van der Waals surface area contributed by atoms with Crippen molar-refractivity contribution in [3.05, 3.63) is 0 Å². The van der Waals surface area contributed by atoms with E-state index in [-0.39, 0.29) is 12.8 Å². The van der Waals surface area contributed by atoms with Gasteiger partial charge in [0.2, 0.25) is 5.00 Å². The molecule has 0 heterocycles. The maximum absolute atomic E-state index is 12.9. The second-order valence-corrected chi connectivity index (χ2v) is 3.57. The third kappa shape index (κ3) is 1.30. The quantitative estimate of drug-likeness (QED) is 0.577. The zero-order valence-electron chi connectivity index (χ0n) is 4.97. The molecule has 1 unspecified atom stereocenters. The first-order valence-corrected chi connectivity index (χ1v) is 4.06. The molecule has 0 radical (unpaired) electrons. The molecule has 54 valence electrons. The Hall–Kier alpha value is 0.0400. The topological polar surface area (TPSA) is 37.3 Å². The predicted molar refractivity (Wildman–Crippen MR) is 33.1 cm³/mol. The van der Waals surface area contributed by atoms with Crippen molar-refractivity contribution >= 4 is 11.1 Å². The van der Waals surface area contributed by atoms with Gasteiger partial charge in [-0.05, 0) is 25.7 Å². The van der Waals surface area contributed by atoms with E-state index in [1.54, 1.807) is 0 Å². The van der Waals surface area contributed by atoms with Gasteiger partial charge in [-0.1, -0.05) is 0 Å². The SMILES string of the molecule is O=S(O)C1(F)CCCC1. The Morgan fingerprint density at radius 1 is 1.44 bits per heavy atom. The molecule has 2 nitrogen and oxygen atoms in total. The van der Waals surface area contributed by atoms with Gasteiger partial charge in [0.1, 0.15) is 0 Å². The lowest BCUT2D eigenvalue weighted by atomic mass is 10.3. The molecule has 0 aliphatic heterocycles. The van der Waals surface area contributed by atoms with Gasteiger partial charge in [-0.3, -0.25) is 0 Å². The van der Waals surface area contributed by atoms with E-state index in [1.165, 1.54) is 0 Å². The van der Waals surface area contributed by atoms with Gasteiger partial charge < -0.3 is 4.55 Å². The molecule has 9 heavy (non-hydrogen) atoms. The van der Waals surface area contributed by atoms with E-state index in [0.717, 1.165) is 12.8 Å². The summed E-state index contributed by atoms with van der Waals surface area (Å²) in [6.07, 6.45) is 1.97. The van der Waals surface area contributed by atoms with E-state index in [4.69, 9.17) is 4.55 Å². The maximum atomic E-state index is 12.9. The number of alkyl halides is 1. The van der Waals surface area contributed by atoms with Crippen LogP contribution in [0.15, 0.2) is 0 Å².